The molecule has 1 heterocycles. The van der Waals surface area contributed by atoms with E-state index in [-0.39, 0.29) is 5.78 Å². The van der Waals surface area contributed by atoms with Gasteiger partial charge in [0.2, 0.25) is 0 Å². The van der Waals surface area contributed by atoms with Crippen molar-refractivity contribution >= 4 is 32.6 Å². The average molecular weight is 395 g/mol. The summed E-state index contributed by atoms with van der Waals surface area (Å²) in [5.74, 6) is 0.724. The molecule has 124 valence electrons. The number of methoxy groups -OCH3 is 1. The van der Waals surface area contributed by atoms with Crippen molar-refractivity contribution in [3.8, 4) is 11.8 Å². The number of rotatable bonds is 1. The number of benzene rings is 2. The maximum absolute atomic E-state index is 13.2. The largest absolute Gasteiger partial charge is 0.497 e. The first kappa shape index (κ1) is 15.9. The van der Waals surface area contributed by atoms with E-state index in [0.29, 0.717) is 21.2 Å². The van der Waals surface area contributed by atoms with E-state index in [1.54, 1.807) is 13.2 Å². The highest BCUT2D eigenvalue weighted by atomic mass is 79.9. The first-order valence-electron chi connectivity index (χ1n) is 7.88. The van der Waals surface area contributed by atoms with Crippen LogP contribution in [-0.2, 0) is 5.41 Å². The molecule has 3 aromatic rings. The molecule has 1 N–H and O–H groups in total. The van der Waals surface area contributed by atoms with Gasteiger partial charge < -0.3 is 9.72 Å². The molecular formula is C20H15BrN2O2. The summed E-state index contributed by atoms with van der Waals surface area (Å²) in [4.78, 5) is 16.6. The fraction of sp³-hybridized carbons (Fsp3) is 0.200. The number of nitrogens with one attached hydrogen (secondary N) is 1. The smallest absolute Gasteiger partial charge is 0.195 e. The molecule has 0 radical (unpaired) electrons. The van der Waals surface area contributed by atoms with Crippen molar-refractivity contribution < 1.29 is 9.53 Å². The summed E-state index contributed by atoms with van der Waals surface area (Å²) in [5, 5.41) is 10.1. The van der Waals surface area contributed by atoms with Gasteiger partial charge in [-0.15, -0.1) is 0 Å². The van der Waals surface area contributed by atoms with Crippen molar-refractivity contribution in [1.82, 2.24) is 4.98 Å². The number of ether oxygens (including phenoxy) is 1. The van der Waals surface area contributed by atoms with E-state index >= 15 is 0 Å². The van der Waals surface area contributed by atoms with Crippen LogP contribution in [0.3, 0.4) is 0 Å². The lowest BCUT2D eigenvalue weighted by atomic mass is 9.71. The Hall–Kier alpha value is -2.58. The molecule has 5 heteroatoms. The predicted octanol–water partition coefficient (Wildman–Crippen LogP) is 4.68. The monoisotopic (exact) mass is 394 g/mol. The molecule has 0 saturated carbocycles. The third-order valence-corrected chi connectivity index (χ3v) is 5.85. The van der Waals surface area contributed by atoms with Crippen molar-refractivity contribution in [2.45, 2.75) is 19.3 Å². The highest BCUT2D eigenvalue weighted by Crippen LogP contribution is 2.45. The van der Waals surface area contributed by atoms with Gasteiger partial charge in [0.25, 0.3) is 0 Å². The van der Waals surface area contributed by atoms with Crippen LogP contribution in [0.25, 0.3) is 10.9 Å². The van der Waals surface area contributed by atoms with Gasteiger partial charge in [-0.25, -0.2) is 0 Å². The predicted molar refractivity (Wildman–Crippen MR) is 99.3 cm³/mol. The van der Waals surface area contributed by atoms with E-state index in [4.69, 9.17) is 4.74 Å². The van der Waals surface area contributed by atoms with Crippen molar-refractivity contribution in [3.05, 3.63) is 62.8 Å². The van der Waals surface area contributed by atoms with Crippen LogP contribution in [0, 0.1) is 11.3 Å². The number of nitriles is 1. The van der Waals surface area contributed by atoms with Gasteiger partial charge in [0.1, 0.15) is 11.8 Å². The first-order chi connectivity index (χ1) is 11.9. The molecule has 0 spiro atoms. The highest BCUT2D eigenvalue weighted by Gasteiger charge is 2.40. The molecule has 0 amide bonds. The normalized spacial score (nSPS) is 14.8. The minimum Gasteiger partial charge on any atom is -0.497 e. The molecule has 4 rings (SSSR count). The Balaban J connectivity index is 2.09. The van der Waals surface area contributed by atoms with Crippen LogP contribution in [0.5, 0.6) is 5.75 Å². The number of halogens is 1. The Morgan fingerprint density at radius 3 is 2.68 bits per heavy atom. The van der Waals surface area contributed by atoms with E-state index in [1.165, 1.54) is 0 Å². The van der Waals surface area contributed by atoms with Crippen molar-refractivity contribution in [3.63, 3.8) is 0 Å². The molecular weight excluding hydrogens is 380 g/mol. The van der Waals surface area contributed by atoms with Gasteiger partial charge in [0.15, 0.2) is 5.78 Å². The van der Waals surface area contributed by atoms with Crippen molar-refractivity contribution in [1.29, 1.82) is 5.26 Å². The molecule has 1 aromatic heterocycles. The molecule has 2 aromatic carbocycles. The second kappa shape index (κ2) is 5.21. The summed E-state index contributed by atoms with van der Waals surface area (Å²) in [5.41, 5.74) is 4.11. The topological polar surface area (TPSA) is 65.9 Å². The van der Waals surface area contributed by atoms with Gasteiger partial charge in [0.05, 0.1) is 28.2 Å². The van der Waals surface area contributed by atoms with Crippen LogP contribution in [0.15, 0.2) is 34.8 Å². The van der Waals surface area contributed by atoms with Gasteiger partial charge in [-0.1, -0.05) is 19.9 Å². The molecule has 25 heavy (non-hydrogen) atoms. The average Bonchev–Trinajstić information content (AvgIpc) is 3.01. The number of hydrogen-bond acceptors (Lipinski definition) is 3. The second-order valence-electron chi connectivity index (χ2n) is 6.70. The minimum atomic E-state index is -0.390. The number of nitrogens with zero attached hydrogens (tertiary/aromatic N) is 1. The molecule has 0 atom stereocenters. The lowest BCUT2D eigenvalue weighted by Crippen LogP contribution is -2.30. The minimum absolute atomic E-state index is 0.00478. The van der Waals surface area contributed by atoms with E-state index in [1.807, 2.05) is 24.3 Å². The van der Waals surface area contributed by atoms with E-state index in [9.17, 15) is 10.1 Å². The lowest BCUT2D eigenvalue weighted by molar-refractivity contribution is 0.103. The summed E-state index contributed by atoms with van der Waals surface area (Å²) in [7, 11) is 1.62. The van der Waals surface area contributed by atoms with Crippen LogP contribution in [0.1, 0.15) is 46.6 Å². The number of aromatic amines is 1. The molecule has 0 bridgehead atoms. The van der Waals surface area contributed by atoms with Gasteiger partial charge in [-0.3, -0.25) is 4.79 Å². The Kier molecular flexibility index (Phi) is 3.32. The fourth-order valence-electron chi connectivity index (χ4n) is 3.65. The summed E-state index contributed by atoms with van der Waals surface area (Å²) >= 11 is 3.50. The van der Waals surface area contributed by atoms with Crippen LogP contribution in [0.2, 0.25) is 0 Å². The molecule has 0 unspecified atom stereocenters. The van der Waals surface area contributed by atoms with Gasteiger partial charge in [0, 0.05) is 22.1 Å². The van der Waals surface area contributed by atoms with E-state index < -0.39 is 5.41 Å². The number of aromatic nitrogens is 1. The number of hydrogen-bond donors (Lipinski definition) is 1. The molecule has 0 aliphatic heterocycles. The number of carbonyl (C=O) groups is 1. The van der Waals surface area contributed by atoms with Gasteiger partial charge in [-0.2, -0.15) is 5.26 Å². The van der Waals surface area contributed by atoms with Crippen LogP contribution < -0.4 is 4.74 Å². The fourth-order valence-corrected chi connectivity index (χ4v) is 4.19. The second-order valence-corrected chi connectivity index (χ2v) is 7.50. The van der Waals surface area contributed by atoms with Crippen molar-refractivity contribution in [2.24, 2.45) is 0 Å². The maximum Gasteiger partial charge on any atom is 0.195 e. The molecule has 1 aliphatic carbocycles. The lowest BCUT2D eigenvalue weighted by Gasteiger charge is -2.32. The van der Waals surface area contributed by atoms with Gasteiger partial charge in [-0.05, 0) is 45.8 Å². The number of fused-ring (bicyclic) bond motifs is 4. The molecule has 4 nitrogen and oxygen atoms in total. The number of carbonyl (C=O) groups excluding carboxylic acids is 1. The molecule has 1 aliphatic rings. The van der Waals surface area contributed by atoms with Crippen LogP contribution in [-0.4, -0.2) is 17.9 Å². The van der Waals surface area contributed by atoms with E-state index in [0.717, 1.165) is 27.9 Å². The Morgan fingerprint density at radius 2 is 2.00 bits per heavy atom. The summed E-state index contributed by atoms with van der Waals surface area (Å²) < 4.78 is 6.03. The zero-order chi connectivity index (χ0) is 17.9. The quantitative estimate of drug-likeness (QED) is 0.651. The number of H-pyrrole nitrogens is 1. The Labute approximate surface area is 153 Å². The third-order valence-electron chi connectivity index (χ3n) is 5.03. The highest BCUT2D eigenvalue weighted by molar-refractivity contribution is 9.10. The van der Waals surface area contributed by atoms with Crippen LogP contribution in [0.4, 0.5) is 0 Å². The molecule has 0 saturated heterocycles. The Bertz CT molecular complexity index is 1100. The van der Waals surface area contributed by atoms with E-state index in [2.05, 4.69) is 40.8 Å². The zero-order valence-electron chi connectivity index (χ0n) is 14.0. The molecule has 0 fully saturated rings. The van der Waals surface area contributed by atoms with Gasteiger partial charge >= 0.3 is 0 Å². The third kappa shape index (κ3) is 2.01. The SMILES string of the molecule is COc1ccc2c(c1)C(C)(C)c1[nH]c3c(Br)c(C#N)ccc3c1C2=O. The van der Waals surface area contributed by atoms with Crippen molar-refractivity contribution in [2.75, 3.05) is 7.11 Å². The van der Waals surface area contributed by atoms with Crippen LogP contribution >= 0.6 is 15.9 Å². The summed E-state index contributed by atoms with van der Waals surface area (Å²) in [6.07, 6.45) is 0. The first-order valence-corrected chi connectivity index (χ1v) is 8.67. The Morgan fingerprint density at radius 1 is 1.24 bits per heavy atom. The summed E-state index contributed by atoms with van der Waals surface area (Å²) in [6.45, 7) is 4.18. The maximum atomic E-state index is 13.2. The zero-order valence-corrected chi connectivity index (χ0v) is 15.6. The summed E-state index contributed by atoms with van der Waals surface area (Å²) in [6, 6.07) is 11.3. The standard InChI is InChI=1S/C20H15BrN2O2/c1-20(2)14-8-11(25-3)5-7-12(14)18(24)15-13-6-4-10(9-22)16(21)17(13)23-19(15)20/h4-8,23H,1-3H3. The number of ketones is 1.